The maximum absolute atomic E-state index is 13.9. The molecule has 144 valence electrons. The van der Waals surface area contributed by atoms with Crippen LogP contribution in [0.2, 0.25) is 0 Å². The van der Waals surface area contributed by atoms with E-state index >= 15 is 0 Å². The number of rotatable bonds is 8. The van der Waals surface area contributed by atoms with Gasteiger partial charge in [0.05, 0.1) is 0 Å². The summed E-state index contributed by atoms with van der Waals surface area (Å²) in [6.45, 7) is 0. The molecule has 0 saturated heterocycles. The molecule has 0 saturated carbocycles. The van der Waals surface area contributed by atoms with Gasteiger partial charge in [-0.15, -0.1) is 22.7 Å². The topological polar surface area (TPSA) is 34.1 Å². The van der Waals surface area contributed by atoms with Crippen molar-refractivity contribution in [3.8, 4) is 0 Å². The summed E-state index contributed by atoms with van der Waals surface area (Å²) in [5, 5.41) is 3.98. The summed E-state index contributed by atoms with van der Waals surface area (Å²) >= 11 is 3.17. The van der Waals surface area contributed by atoms with Crippen molar-refractivity contribution in [2.75, 3.05) is 0 Å². The van der Waals surface area contributed by atoms with E-state index in [4.69, 9.17) is 0 Å². The van der Waals surface area contributed by atoms with Gasteiger partial charge in [-0.05, 0) is 22.9 Å². The number of Topliss-reactive ketones (excluding diaryl/α,β-unsaturated/α-hetero) is 2. The van der Waals surface area contributed by atoms with Crippen LogP contribution >= 0.6 is 22.7 Å². The predicted molar refractivity (Wildman–Crippen MR) is 120 cm³/mol. The lowest BCUT2D eigenvalue weighted by atomic mass is 9.69. The van der Waals surface area contributed by atoms with Crippen LogP contribution in [-0.4, -0.2) is 11.6 Å². The smallest absolute Gasteiger partial charge is 0.177 e. The van der Waals surface area contributed by atoms with Gasteiger partial charge in [0, 0.05) is 33.7 Å². The number of thiophene rings is 2. The molecular weight excluding hydrogens is 396 g/mol. The molecule has 2 aromatic heterocycles. The Morgan fingerprint density at radius 1 is 0.586 bits per heavy atom. The Balaban J connectivity index is 1.88. The van der Waals surface area contributed by atoms with Gasteiger partial charge in [0.2, 0.25) is 0 Å². The summed E-state index contributed by atoms with van der Waals surface area (Å²) in [7, 11) is 0. The third-order valence-corrected chi connectivity index (χ3v) is 6.81. The van der Waals surface area contributed by atoms with Crippen LogP contribution in [0.5, 0.6) is 0 Å². The van der Waals surface area contributed by atoms with Gasteiger partial charge in [0.15, 0.2) is 11.6 Å². The zero-order chi connectivity index (χ0) is 20.1. The standard InChI is InChI=1S/C25H20O2S2/c26-23(19-9-3-1-4-10-19)25(17-21-13-7-15-28-21,18-22-14-8-16-29-22)24(27)20-11-5-2-6-12-20/h1-16H,17-18H2. The quantitative estimate of drug-likeness (QED) is 0.248. The van der Waals surface area contributed by atoms with Crippen LogP contribution in [0.4, 0.5) is 0 Å². The molecule has 0 N–H and O–H groups in total. The first-order chi connectivity index (χ1) is 14.2. The average Bonchev–Trinajstić information content (AvgIpc) is 3.48. The molecule has 0 bridgehead atoms. The van der Waals surface area contributed by atoms with Crippen molar-refractivity contribution < 1.29 is 9.59 Å². The maximum Gasteiger partial charge on any atom is 0.177 e. The van der Waals surface area contributed by atoms with Gasteiger partial charge >= 0.3 is 0 Å². The second-order valence-corrected chi connectivity index (χ2v) is 9.05. The predicted octanol–water partition coefficient (Wildman–Crippen LogP) is 6.35. The average molecular weight is 417 g/mol. The molecule has 0 aliphatic carbocycles. The van der Waals surface area contributed by atoms with Crippen LogP contribution in [0.25, 0.3) is 0 Å². The van der Waals surface area contributed by atoms with E-state index in [2.05, 4.69) is 0 Å². The minimum Gasteiger partial charge on any atom is -0.293 e. The summed E-state index contributed by atoms with van der Waals surface area (Å²) in [6.07, 6.45) is 0.786. The van der Waals surface area contributed by atoms with Crippen LogP contribution in [0.3, 0.4) is 0 Å². The fourth-order valence-corrected chi connectivity index (χ4v) is 5.28. The molecule has 4 aromatic rings. The highest BCUT2D eigenvalue weighted by molar-refractivity contribution is 7.10. The number of hydrogen-bond donors (Lipinski definition) is 0. The van der Waals surface area contributed by atoms with Crippen molar-refractivity contribution in [2.24, 2.45) is 5.41 Å². The fourth-order valence-electron chi connectivity index (χ4n) is 3.64. The minimum absolute atomic E-state index is 0.117. The number of hydrogen-bond acceptors (Lipinski definition) is 4. The molecule has 0 aliphatic rings. The second kappa shape index (κ2) is 8.68. The molecule has 2 aromatic carbocycles. The lowest BCUT2D eigenvalue weighted by Crippen LogP contribution is -2.43. The molecule has 0 fully saturated rings. The lowest BCUT2D eigenvalue weighted by Gasteiger charge is -2.31. The Hall–Kier alpha value is -2.82. The Morgan fingerprint density at radius 2 is 1.00 bits per heavy atom. The number of carbonyl (C=O) groups excluding carboxylic acids is 2. The van der Waals surface area contributed by atoms with Crippen molar-refractivity contribution in [3.63, 3.8) is 0 Å². The van der Waals surface area contributed by atoms with Gasteiger partial charge in [-0.25, -0.2) is 0 Å². The number of ketones is 2. The summed E-state index contributed by atoms with van der Waals surface area (Å²) in [5.41, 5.74) is -0.0342. The molecule has 29 heavy (non-hydrogen) atoms. The summed E-state index contributed by atoms with van der Waals surface area (Å²) < 4.78 is 0. The van der Waals surface area contributed by atoms with E-state index in [1.165, 1.54) is 0 Å². The van der Waals surface area contributed by atoms with Crippen LogP contribution in [-0.2, 0) is 12.8 Å². The molecular formula is C25H20O2S2. The van der Waals surface area contributed by atoms with Crippen LogP contribution in [0.1, 0.15) is 30.5 Å². The van der Waals surface area contributed by atoms with Gasteiger partial charge in [0.25, 0.3) is 0 Å². The van der Waals surface area contributed by atoms with E-state index in [1.807, 2.05) is 71.4 Å². The highest BCUT2D eigenvalue weighted by atomic mass is 32.1. The summed E-state index contributed by atoms with van der Waals surface area (Å²) in [4.78, 5) is 29.9. The molecule has 4 rings (SSSR count). The molecule has 4 heteroatoms. The first kappa shape index (κ1) is 19.5. The van der Waals surface area contributed by atoms with E-state index in [9.17, 15) is 9.59 Å². The highest BCUT2D eigenvalue weighted by Crippen LogP contribution is 2.38. The highest BCUT2D eigenvalue weighted by Gasteiger charge is 2.46. The maximum atomic E-state index is 13.9. The number of benzene rings is 2. The SMILES string of the molecule is O=C(c1ccccc1)C(Cc1cccs1)(Cc1cccs1)C(=O)c1ccccc1. The van der Waals surface area contributed by atoms with Crippen LogP contribution in [0, 0.1) is 5.41 Å². The first-order valence-corrected chi connectivity index (χ1v) is 11.2. The Kier molecular flexibility index (Phi) is 5.84. The molecule has 2 heterocycles. The molecule has 0 atom stereocenters. The molecule has 0 radical (unpaired) electrons. The Morgan fingerprint density at radius 3 is 1.34 bits per heavy atom. The van der Waals surface area contributed by atoms with Crippen LogP contribution in [0.15, 0.2) is 95.7 Å². The van der Waals surface area contributed by atoms with Gasteiger partial charge in [-0.3, -0.25) is 9.59 Å². The van der Waals surface area contributed by atoms with Gasteiger partial charge in [0.1, 0.15) is 5.41 Å². The summed E-state index contributed by atoms with van der Waals surface area (Å²) in [5.74, 6) is -0.234. The zero-order valence-corrected chi connectivity index (χ0v) is 17.4. The second-order valence-electron chi connectivity index (χ2n) is 6.98. The van der Waals surface area contributed by atoms with Crippen LogP contribution < -0.4 is 0 Å². The largest absolute Gasteiger partial charge is 0.293 e. The fraction of sp³-hybridized carbons (Fsp3) is 0.120. The van der Waals surface area contributed by atoms with Crippen molar-refractivity contribution in [2.45, 2.75) is 12.8 Å². The minimum atomic E-state index is -1.18. The van der Waals surface area contributed by atoms with Gasteiger partial charge < -0.3 is 0 Å². The van der Waals surface area contributed by atoms with Crippen molar-refractivity contribution >= 4 is 34.2 Å². The molecule has 0 unspecified atom stereocenters. The van der Waals surface area contributed by atoms with E-state index < -0.39 is 5.41 Å². The van der Waals surface area contributed by atoms with E-state index in [0.29, 0.717) is 24.0 Å². The molecule has 0 spiro atoms. The van der Waals surface area contributed by atoms with E-state index in [-0.39, 0.29) is 11.6 Å². The van der Waals surface area contributed by atoms with E-state index in [1.54, 1.807) is 46.9 Å². The molecule has 0 aliphatic heterocycles. The number of carbonyl (C=O) groups is 2. The Labute approximate surface area is 178 Å². The van der Waals surface area contributed by atoms with Crippen molar-refractivity contribution in [3.05, 3.63) is 117 Å². The molecule has 2 nitrogen and oxygen atoms in total. The third-order valence-electron chi connectivity index (χ3n) is 5.05. The van der Waals surface area contributed by atoms with Crippen molar-refractivity contribution in [1.29, 1.82) is 0 Å². The normalized spacial score (nSPS) is 11.3. The first-order valence-electron chi connectivity index (χ1n) is 9.43. The Bertz CT molecular complexity index is 977. The van der Waals surface area contributed by atoms with E-state index in [0.717, 1.165) is 9.75 Å². The lowest BCUT2D eigenvalue weighted by molar-refractivity contribution is 0.0661. The monoisotopic (exact) mass is 416 g/mol. The van der Waals surface area contributed by atoms with Crippen molar-refractivity contribution in [1.82, 2.24) is 0 Å². The van der Waals surface area contributed by atoms with Gasteiger partial charge in [-0.1, -0.05) is 72.8 Å². The molecule has 0 amide bonds. The van der Waals surface area contributed by atoms with Gasteiger partial charge in [-0.2, -0.15) is 0 Å². The third kappa shape index (κ3) is 4.14. The zero-order valence-electron chi connectivity index (χ0n) is 15.8. The summed E-state index contributed by atoms with van der Waals surface area (Å²) in [6, 6.07) is 26.3.